The zero-order chi connectivity index (χ0) is 14.3. The molecule has 2 unspecified atom stereocenters. The standard InChI is InChI=1S/C17H25ClN2/c1-12(2)15-11-17(20-8-6-19(3)7-9-20)16-10-13(18)4-5-14(15)16/h4-5,10,12,15,17H,6-9,11H2,1-3H3. The number of hydrogen-bond acceptors (Lipinski definition) is 2. The molecule has 1 saturated heterocycles. The van der Waals surface area contributed by atoms with Crippen LogP contribution in [0.1, 0.15) is 43.4 Å². The number of piperazine rings is 1. The van der Waals surface area contributed by atoms with Crippen molar-refractivity contribution in [1.82, 2.24) is 9.80 Å². The molecule has 0 aromatic heterocycles. The van der Waals surface area contributed by atoms with Crippen LogP contribution in [0.15, 0.2) is 18.2 Å². The number of benzene rings is 1. The summed E-state index contributed by atoms with van der Waals surface area (Å²) in [6.07, 6.45) is 1.26. The van der Waals surface area contributed by atoms with E-state index in [0.29, 0.717) is 17.9 Å². The summed E-state index contributed by atoms with van der Waals surface area (Å²) in [6, 6.07) is 7.10. The van der Waals surface area contributed by atoms with E-state index in [1.54, 1.807) is 0 Å². The molecule has 2 nitrogen and oxygen atoms in total. The molecule has 0 spiro atoms. The van der Waals surface area contributed by atoms with Crippen LogP contribution in [0.5, 0.6) is 0 Å². The second-order valence-corrected chi connectivity index (χ2v) is 7.15. The Balaban J connectivity index is 1.88. The van der Waals surface area contributed by atoms with E-state index in [1.165, 1.54) is 43.7 Å². The average molecular weight is 293 g/mol. The van der Waals surface area contributed by atoms with E-state index in [9.17, 15) is 0 Å². The fraction of sp³-hybridized carbons (Fsp3) is 0.647. The van der Waals surface area contributed by atoms with Gasteiger partial charge >= 0.3 is 0 Å². The van der Waals surface area contributed by atoms with Crippen LogP contribution < -0.4 is 0 Å². The van der Waals surface area contributed by atoms with Crippen LogP contribution in [0.2, 0.25) is 5.02 Å². The number of halogens is 1. The van der Waals surface area contributed by atoms with Crippen LogP contribution in [-0.4, -0.2) is 43.0 Å². The van der Waals surface area contributed by atoms with Gasteiger partial charge in [-0.15, -0.1) is 0 Å². The third-order valence-electron chi connectivity index (χ3n) is 5.07. The molecule has 1 fully saturated rings. The van der Waals surface area contributed by atoms with Crippen molar-refractivity contribution in [2.45, 2.75) is 32.2 Å². The first-order valence-electron chi connectivity index (χ1n) is 7.78. The fourth-order valence-corrected chi connectivity index (χ4v) is 3.96. The van der Waals surface area contributed by atoms with E-state index < -0.39 is 0 Å². The quantitative estimate of drug-likeness (QED) is 0.819. The monoisotopic (exact) mass is 292 g/mol. The molecule has 3 rings (SSSR count). The highest BCUT2D eigenvalue weighted by Gasteiger charge is 2.36. The van der Waals surface area contributed by atoms with Crippen molar-refractivity contribution < 1.29 is 0 Å². The maximum absolute atomic E-state index is 6.25. The van der Waals surface area contributed by atoms with Gasteiger partial charge in [0.05, 0.1) is 0 Å². The summed E-state index contributed by atoms with van der Waals surface area (Å²) in [5.74, 6) is 1.39. The Bertz CT molecular complexity index is 478. The normalized spacial score (nSPS) is 28.1. The Labute approximate surface area is 127 Å². The third kappa shape index (κ3) is 2.61. The molecule has 2 aliphatic rings. The lowest BCUT2D eigenvalue weighted by Gasteiger charge is -2.37. The Morgan fingerprint density at radius 3 is 2.45 bits per heavy atom. The van der Waals surface area contributed by atoms with Crippen molar-refractivity contribution in [1.29, 1.82) is 0 Å². The highest BCUT2D eigenvalue weighted by atomic mass is 35.5. The SMILES string of the molecule is CC(C)C1CC(N2CCN(C)CC2)c2cc(Cl)ccc21. The molecule has 2 atom stereocenters. The molecule has 1 aliphatic heterocycles. The Hall–Kier alpha value is -0.570. The molecule has 0 bridgehead atoms. The average Bonchev–Trinajstić information content (AvgIpc) is 2.78. The molecular formula is C17H25ClN2. The number of fused-ring (bicyclic) bond motifs is 1. The summed E-state index contributed by atoms with van der Waals surface area (Å²) in [5.41, 5.74) is 3.02. The van der Waals surface area contributed by atoms with E-state index in [2.05, 4.69) is 48.9 Å². The largest absolute Gasteiger partial charge is 0.304 e. The Morgan fingerprint density at radius 2 is 1.80 bits per heavy atom. The van der Waals surface area contributed by atoms with Gasteiger partial charge in [0.25, 0.3) is 0 Å². The van der Waals surface area contributed by atoms with Gasteiger partial charge in [0.1, 0.15) is 0 Å². The van der Waals surface area contributed by atoms with Crippen LogP contribution in [0.4, 0.5) is 0 Å². The number of nitrogens with zero attached hydrogens (tertiary/aromatic N) is 2. The molecule has 1 aromatic carbocycles. The summed E-state index contributed by atoms with van der Waals surface area (Å²) >= 11 is 6.25. The Morgan fingerprint density at radius 1 is 1.10 bits per heavy atom. The first-order chi connectivity index (χ1) is 9.56. The van der Waals surface area contributed by atoms with Crippen molar-refractivity contribution in [3.63, 3.8) is 0 Å². The molecule has 1 heterocycles. The van der Waals surface area contributed by atoms with Gasteiger partial charge in [0.2, 0.25) is 0 Å². The van der Waals surface area contributed by atoms with E-state index in [0.717, 1.165) is 5.02 Å². The predicted molar refractivity (Wildman–Crippen MR) is 85.5 cm³/mol. The lowest BCUT2D eigenvalue weighted by Crippen LogP contribution is -2.45. The van der Waals surface area contributed by atoms with Crippen LogP contribution in [0.25, 0.3) is 0 Å². The van der Waals surface area contributed by atoms with E-state index in [1.807, 2.05) is 0 Å². The molecule has 110 valence electrons. The van der Waals surface area contributed by atoms with Gasteiger partial charge in [0.15, 0.2) is 0 Å². The smallest absolute Gasteiger partial charge is 0.0409 e. The summed E-state index contributed by atoms with van der Waals surface area (Å²) in [6.45, 7) is 9.40. The number of rotatable bonds is 2. The maximum atomic E-state index is 6.25. The molecule has 0 radical (unpaired) electrons. The first-order valence-corrected chi connectivity index (χ1v) is 8.16. The minimum Gasteiger partial charge on any atom is -0.304 e. The van der Waals surface area contributed by atoms with Crippen molar-refractivity contribution in [3.05, 3.63) is 34.3 Å². The molecule has 0 saturated carbocycles. The molecule has 1 aliphatic carbocycles. The van der Waals surface area contributed by atoms with Crippen molar-refractivity contribution >= 4 is 11.6 Å². The van der Waals surface area contributed by atoms with Crippen LogP contribution >= 0.6 is 11.6 Å². The van der Waals surface area contributed by atoms with Crippen LogP contribution in [-0.2, 0) is 0 Å². The first kappa shape index (κ1) is 14.4. The summed E-state index contributed by atoms with van der Waals surface area (Å²) in [7, 11) is 2.22. The minimum atomic E-state index is 0.574. The zero-order valence-corrected chi connectivity index (χ0v) is 13.5. The van der Waals surface area contributed by atoms with E-state index in [-0.39, 0.29) is 0 Å². The van der Waals surface area contributed by atoms with Crippen molar-refractivity contribution in [2.75, 3.05) is 33.2 Å². The van der Waals surface area contributed by atoms with Crippen molar-refractivity contribution in [3.8, 4) is 0 Å². The molecule has 3 heteroatoms. The highest BCUT2D eigenvalue weighted by molar-refractivity contribution is 6.30. The van der Waals surface area contributed by atoms with Crippen LogP contribution in [0.3, 0.4) is 0 Å². The topological polar surface area (TPSA) is 6.48 Å². The van der Waals surface area contributed by atoms with Crippen LogP contribution in [0, 0.1) is 5.92 Å². The summed E-state index contributed by atoms with van der Waals surface area (Å²) in [5, 5.41) is 0.882. The molecule has 20 heavy (non-hydrogen) atoms. The van der Waals surface area contributed by atoms with Gasteiger partial charge in [-0.2, -0.15) is 0 Å². The second-order valence-electron chi connectivity index (χ2n) is 6.71. The molecule has 0 N–H and O–H groups in total. The minimum absolute atomic E-state index is 0.574. The second kappa shape index (κ2) is 5.67. The van der Waals surface area contributed by atoms with Gasteiger partial charge in [-0.05, 0) is 48.6 Å². The Kier molecular flexibility index (Phi) is 4.07. The lowest BCUT2D eigenvalue weighted by atomic mass is 9.90. The maximum Gasteiger partial charge on any atom is 0.0409 e. The van der Waals surface area contributed by atoms with E-state index >= 15 is 0 Å². The lowest BCUT2D eigenvalue weighted by molar-refractivity contribution is 0.107. The van der Waals surface area contributed by atoms with Gasteiger partial charge in [0, 0.05) is 37.2 Å². The van der Waals surface area contributed by atoms with Gasteiger partial charge < -0.3 is 4.90 Å². The number of hydrogen-bond donors (Lipinski definition) is 0. The van der Waals surface area contributed by atoms with Crippen molar-refractivity contribution in [2.24, 2.45) is 5.92 Å². The highest BCUT2D eigenvalue weighted by Crippen LogP contribution is 2.47. The predicted octanol–water partition coefficient (Wildman–Crippen LogP) is 3.77. The summed E-state index contributed by atoms with van der Waals surface area (Å²) < 4.78 is 0. The molecule has 1 aromatic rings. The zero-order valence-electron chi connectivity index (χ0n) is 12.8. The molecule has 0 amide bonds. The van der Waals surface area contributed by atoms with E-state index in [4.69, 9.17) is 11.6 Å². The van der Waals surface area contributed by atoms with Gasteiger partial charge in [-0.1, -0.05) is 31.5 Å². The fourth-order valence-electron chi connectivity index (χ4n) is 3.78. The van der Waals surface area contributed by atoms with Gasteiger partial charge in [-0.25, -0.2) is 0 Å². The van der Waals surface area contributed by atoms with Gasteiger partial charge in [-0.3, -0.25) is 4.90 Å². The third-order valence-corrected chi connectivity index (χ3v) is 5.30. The number of likely N-dealkylation sites (N-methyl/N-ethyl adjacent to an activating group) is 1. The summed E-state index contributed by atoms with van der Waals surface area (Å²) in [4.78, 5) is 5.09. The molecular weight excluding hydrogens is 268 g/mol.